The summed E-state index contributed by atoms with van der Waals surface area (Å²) in [5.41, 5.74) is 0. The van der Waals surface area contributed by atoms with E-state index >= 15 is 0 Å². The Balaban J connectivity index is 2.86. The number of halogens is 2. The standard InChI is InChI=1S/C5H10F2O/c1-2-3-8-5(7)4-6/h5H,2-4H2,1H3. The smallest absolute Gasteiger partial charge is 0.227 e. The molecule has 1 atom stereocenters. The summed E-state index contributed by atoms with van der Waals surface area (Å²) in [7, 11) is 0. The lowest BCUT2D eigenvalue weighted by molar-refractivity contribution is -0.0515. The van der Waals surface area contributed by atoms with E-state index in [0.29, 0.717) is 6.61 Å². The first kappa shape index (κ1) is 7.82. The van der Waals surface area contributed by atoms with Crippen LogP contribution in [-0.4, -0.2) is 19.6 Å². The van der Waals surface area contributed by atoms with Gasteiger partial charge in [-0.2, -0.15) is 0 Å². The summed E-state index contributed by atoms with van der Waals surface area (Å²) >= 11 is 0. The molecule has 0 heterocycles. The highest BCUT2D eigenvalue weighted by atomic mass is 19.2. The minimum atomic E-state index is -1.71. The second-order valence-electron chi connectivity index (χ2n) is 1.44. The molecule has 0 aliphatic rings. The predicted octanol–water partition coefficient (Wildman–Crippen LogP) is 1.68. The Morgan fingerprint density at radius 1 is 1.62 bits per heavy atom. The lowest BCUT2D eigenvalue weighted by atomic mass is 10.5. The van der Waals surface area contributed by atoms with Crippen LogP contribution in [0.5, 0.6) is 0 Å². The average Bonchev–Trinajstić information content (AvgIpc) is 1.83. The molecule has 0 fully saturated rings. The summed E-state index contributed by atoms with van der Waals surface area (Å²) in [6.45, 7) is 1.09. The van der Waals surface area contributed by atoms with Crippen LogP contribution in [0.2, 0.25) is 0 Å². The van der Waals surface area contributed by atoms with Gasteiger partial charge < -0.3 is 4.74 Å². The van der Waals surface area contributed by atoms with E-state index in [1.165, 1.54) is 0 Å². The van der Waals surface area contributed by atoms with Gasteiger partial charge in [0.05, 0.1) is 0 Å². The van der Waals surface area contributed by atoms with E-state index in [1.807, 2.05) is 6.92 Å². The van der Waals surface area contributed by atoms with E-state index in [9.17, 15) is 8.78 Å². The Hall–Kier alpha value is -0.180. The van der Waals surface area contributed by atoms with Crippen LogP contribution in [0, 0.1) is 0 Å². The van der Waals surface area contributed by atoms with Crippen molar-refractivity contribution < 1.29 is 13.5 Å². The molecule has 8 heavy (non-hydrogen) atoms. The average molecular weight is 124 g/mol. The molecule has 0 aromatic rings. The molecule has 0 spiro atoms. The molecule has 50 valence electrons. The summed E-state index contributed by atoms with van der Waals surface area (Å²) in [4.78, 5) is 0. The van der Waals surface area contributed by atoms with E-state index in [0.717, 1.165) is 6.42 Å². The van der Waals surface area contributed by atoms with Crippen molar-refractivity contribution in [3.8, 4) is 0 Å². The number of hydrogen-bond acceptors (Lipinski definition) is 1. The third-order valence-corrected chi connectivity index (χ3v) is 0.624. The van der Waals surface area contributed by atoms with Crippen molar-refractivity contribution in [3.05, 3.63) is 0 Å². The van der Waals surface area contributed by atoms with E-state index in [4.69, 9.17) is 0 Å². The van der Waals surface area contributed by atoms with Gasteiger partial charge in [0.2, 0.25) is 6.36 Å². The topological polar surface area (TPSA) is 9.23 Å². The van der Waals surface area contributed by atoms with Gasteiger partial charge in [0, 0.05) is 6.61 Å². The summed E-state index contributed by atoms with van der Waals surface area (Å²) in [6, 6.07) is 0. The molecule has 1 unspecified atom stereocenters. The number of hydrogen-bond donors (Lipinski definition) is 0. The molecule has 3 heteroatoms. The molecule has 0 amide bonds. The van der Waals surface area contributed by atoms with E-state index in [-0.39, 0.29) is 0 Å². The Kier molecular flexibility index (Phi) is 4.85. The Bertz CT molecular complexity index is 49.7. The fraction of sp³-hybridized carbons (Fsp3) is 1.00. The molecule has 0 radical (unpaired) electrons. The van der Waals surface area contributed by atoms with Gasteiger partial charge >= 0.3 is 0 Å². The van der Waals surface area contributed by atoms with Crippen LogP contribution in [0.25, 0.3) is 0 Å². The minimum absolute atomic E-state index is 0.297. The third-order valence-electron chi connectivity index (χ3n) is 0.624. The third kappa shape index (κ3) is 3.99. The predicted molar refractivity (Wildman–Crippen MR) is 27.1 cm³/mol. The Labute approximate surface area is 47.6 Å². The lowest BCUT2D eigenvalue weighted by Crippen LogP contribution is -2.08. The van der Waals surface area contributed by atoms with Crippen molar-refractivity contribution in [2.24, 2.45) is 0 Å². The molecule has 0 aliphatic carbocycles. The number of ether oxygens (including phenoxy) is 1. The van der Waals surface area contributed by atoms with Crippen LogP contribution >= 0.6 is 0 Å². The molecule has 0 rings (SSSR count). The molecule has 0 saturated heterocycles. The van der Waals surface area contributed by atoms with Gasteiger partial charge in [-0.25, -0.2) is 8.78 Å². The van der Waals surface area contributed by atoms with Crippen LogP contribution < -0.4 is 0 Å². The van der Waals surface area contributed by atoms with Crippen LogP contribution in [0.15, 0.2) is 0 Å². The van der Waals surface area contributed by atoms with Gasteiger partial charge in [0.1, 0.15) is 6.67 Å². The monoisotopic (exact) mass is 124 g/mol. The highest BCUT2D eigenvalue weighted by Gasteiger charge is 2.01. The van der Waals surface area contributed by atoms with Crippen molar-refractivity contribution in [3.63, 3.8) is 0 Å². The van der Waals surface area contributed by atoms with Crippen LogP contribution in [0.3, 0.4) is 0 Å². The first-order valence-corrected chi connectivity index (χ1v) is 2.63. The molecule has 1 nitrogen and oxygen atoms in total. The maximum Gasteiger partial charge on any atom is 0.227 e. The van der Waals surface area contributed by atoms with Gasteiger partial charge in [0.25, 0.3) is 0 Å². The minimum Gasteiger partial charge on any atom is -0.346 e. The van der Waals surface area contributed by atoms with E-state index < -0.39 is 13.0 Å². The highest BCUT2D eigenvalue weighted by Crippen LogP contribution is 1.94. The van der Waals surface area contributed by atoms with Crippen molar-refractivity contribution >= 4 is 0 Å². The first-order chi connectivity index (χ1) is 3.81. The summed E-state index contributed by atoms with van der Waals surface area (Å²) in [5.74, 6) is 0. The molecule has 0 bridgehead atoms. The zero-order valence-electron chi connectivity index (χ0n) is 4.86. The maximum atomic E-state index is 11.7. The van der Waals surface area contributed by atoms with Gasteiger partial charge in [-0.3, -0.25) is 0 Å². The van der Waals surface area contributed by atoms with Crippen molar-refractivity contribution in [2.75, 3.05) is 13.3 Å². The quantitative estimate of drug-likeness (QED) is 0.554. The summed E-state index contributed by atoms with van der Waals surface area (Å²) in [6.07, 6.45) is -0.990. The zero-order valence-corrected chi connectivity index (χ0v) is 4.86. The molecule has 0 N–H and O–H groups in total. The molecular weight excluding hydrogens is 114 g/mol. The fourth-order valence-electron chi connectivity index (χ4n) is 0.290. The molecular formula is C5H10F2O. The number of alkyl halides is 2. The molecule has 0 aromatic carbocycles. The largest absolute Gasteiger partial charge is 0.346 e. The van der Waals surface area contributed by atoms with Crippen LogP contribution in [0.4, 0.5) is 8.78 Å². The SMILES string of the molecule is CCCOC(F)CF. The van der Waals surface area contributed by atoms with E-state index in [1.54, 1.807) is 0 Å². The van der Waals surface area contributed by atoms with Crippen molar-refractivity contribution in [1.82, 2.24) is 0 Å². The molecule has 0 saturated carbocycles. The van der Waals surface area contributed by atoms with Gasteiger partial charge in [0.15, 0.2) is 0 Å². The number of rotatable bonds is 4. The maximum absolute atomic E-state index is 11.7. The highest BCUT2D eigenvalue weighted by molar-refractivity contribution is 4.34. The second-order valence-corrected chi connectivity index (χ2v) is 1.44. The summed E-state index contributed by atoms with van der Waals surface area (Å²) < 4.78 is 27.2. The lowest BCUT2D eigenvalue weighted by Gasteiger charge is -2.01. The van der Waals surface area contributed by atoms with Crippen LogP contribution in [0.1, 0.15) is 13.3 Å². The van der Waals surface area contributed by atoms with Crippen molar-refractivity contribution in [2.45, 2.75) is 19.7 Å². The zero-order chi connectivity index (χ0) is 6.41. The van der Waals surface area contributed by atoms with Gasteiger partial charge in [-0.05, 0) is 6.42 Å². The fourth-order valence-corrected chi connectivity index (χ4v) is 0.290. The van der Waals surface area contributed by atoms with Gasteiger partial charge in [-0.15, -0.1) is 0 Å². The normalized spacial score (nSPS) is 13.9. The van der Waals surface area contributed by atoms with Gasteiger partial charge in [-0.1, -0.05) is 6.92 Å². The summed E-state index contributed by atoms with van der Waals surface area (Å²) in [5, 5.41) is 0. The Morgan fingerprint density at radius 2 is 2.25 bits per heavy atom. The van der Waals surface area contributed by atoms with Crippen molar-refractivity contribution in [1.29, 1.82) is 0 Å². The van der Waals surface area contributed by atoms with E-state index in [2.05, 4.69) is 4.74 Å². The molecule has 0 aliphatic heterocycles. The van der Waals surface area contributed by atoms with Crippen LogP contribution in [-0.2, 0) is 4.74 Å². The second kappa shape index (κ2) is 4.97. The first-order valence-electron chi connectivity index (χ1n) is 2.63. The molecule has 0 aromatic heterocycles. The Morgan fingerprint density at radius 3 is 2.62 bits per heavy atom.